The van der Waals surface area contributed by atoms with Crippen molar-refractivity contribution in [3.8, 4) is 0 Å². The van der Waals surface area contributed by atoms with Crippen molar-refractivity contribution in [2.45, 2.75) is 23.9 Å². The first kappa shape index (κ1) is 13.8. The normalized spacial score (nSPS) is 19.6. The van der Waals surface area contributed by atoms with Crippen molar-refractivity contribution < 1.29 is 13.2 Å². The number of carbonyl (C=O) groups is 1. The number of imidazole rings is 1. The summed E-state index contributed by atoms with van der Waals surface area (Å²) in [7, 11) is -3.82. The quantitative estimate of drug-likeness (QED) is 0.704. The van der Waals surface area contributed by atoms with Gasteiger partial charge in [-0.1, -0.05) is 6.07 Å². The van der Waals surface area contributed by atoms with Gasteiger partial charge in [-0.2, -0.15) is 0 Å². The Morgan fingerprint density at radius 3 is 2.95 bits per heavy atom. The minimum atomic E-state index is -3.82. The Hall–Kier alpha value is -2.13. The number of aromatic nitrogens is 2. The van der Waals surface area contributed by atoms with E-state index in [1.165, 1.54) is 4.40 Å². The number of hydrogen-bond acceptors (Lipinski definition) is 5. The van der Waals surface area contributed by atoms with E-state index in [1.54, 1.807) is 24.4 Å². The molecule has 1 saturated heterocycles. The van der Waals surface area contributed by atoms with E-state index in [0.717, 1.165) is 0 Å². The van der Waals surface area contributed by atoms with Crippen LogP contribution in [0.5, 0.6) is 0 Å². The van der Waals surface area contributed by atoms with Crippen molar-refractivity contribution in [2.24, 2.45) is 0 Å². The van der Waals surface area contributed by atoms with Crippen LogP contribution < -0.4 is 15.8 Å². The molecule has 9 heteroatoms. The number of nitrogens with zero attached hydrogens (tertiary/aromatic N) is 2. The molecule has 0 radical (unpaired) electrons. The lowest BCUT2D eigenvalue weighted by Gasteiger charge is -2.23. The van der Waals surface area contributed by atoms with E-state index in [2.05, 4.69) is 15.0 Å². The summed E-state index contributed by atoms with van der Waals surface area (Å²) in [6, 6.07) is 4.79. The first-order chi connectivity index (χ1) is 9.97. The van der Waals surface area contributed by atoms with Gasteiger partial charge in [-0.15, -0.1) is 0 Å². The number of piperidine rings is 1. The molecule has 2 aromatic rings. The lowest BCUT2D eigenvalue weighted by atomic mass is 10.1. The number of pyridine rings is 1. The Morgan fingerprint density at radius 1 is 1.43 bits per heavy atom. The first-order valence-electron chi connectivity index (χ1n) is 6.49. The minimum absolute atomic E-state index is 0.0476. The Labute approximate surface area is 121 Å². The van der Waals surface area contributed by atoms with Gasteiger partial charge in [-0.3, -0.25) is 9.20 Å². The van der Waals surface area contributed by atoms with Gasteiger partial charge >= 0.3 is 0 Å². The number of nitrogens with two attached hydrogens (primary N) is 1. The number of rotatable bonds is 3. The highest BCUT2D eigenvalue weighted by Gasteiger charge is 2.28. The van der Waals surface area contributed by atoms with Crippen LogP contribution in [0.25, 0.3) is 5.65 Å². The number of carbonyl (C=O) groups excluding carboxylic acids is 1. The molecule has 3 rings (SSSR count). The fraction of sp³-hybridized carbons (Fsp3) is 0.333. The van der Waals surface area contributed by atoms with Crippen molar-refractivity contribution >= 4 is 27.4 Å². The fourth-order valence-electron chi connectivity index (χ4n) is 2.37. The number of anilines is 1. The third kappa shape index (κ3) is 2.57. The maximum Gasteiger partial charge on any atom is 0.260 e. The second-order valence-corrected chi connectivity index (χ2v) is 6.52. The van der Waals surface area contributed by atoms with Crippen molar-refractivity contribution in [2.75, 3.05) is 12.3 Å². The predicted octanol–water partition coefficient (Wildman–Crippen LogP) is -0.527. The molecule has 2 aromatic heterocycles. The second kappa shape index (κ2) is 5.01. The maximum absolute atomic E-state index is 12.5. The van der Waals surface area contributed by atoms with Crippen LogP contribution in [0.1, 0.15) is 12.8 Å². The zero-order valence-corrected chi connectivity index (χ0v) is 11.9. The van der Waals surface area contributed by atoms with E-state index in [4.69, 9.17) is 5.73 Å². The van der Waals surface area contributed by atoms with Gasteiger partial charge in [-0.05, 0) is 18.6 Å². The smallest absolute Gasteiger partial charge is 0.260 e. The van der Waals surface area contributed by atoms with Gasteiger partial charge in [0.05, 0.1) is 0 Å². The average molecular weight is 309 g/mol. The third-order valence-corrected chi connectivity index (χ3v) is 4.91. The van der Waals surface area contributed by atoms with Crippen LogP contribution in [0.15, 0.2) is 29.4 Å². The highest BCUT2D eigenvalue weighted by Crippen LogP contribution is 2.20. The van der Waals surface area contributed by atoms with E-state index in [-0.39, 0.29) is 29.3 Å². The molecule has 1 aliphatic heterocycles. The number of nitrogen functional groups attached to an aromatic ring is 1. The molecule has 21 heavy (non-hydrogen) atoms. The van der Waals surface area contributed by atoms with Crippen molar-refractivity contribution in [1.29, 1.82) is 0 Å². The third-order valence-electron chi connectivity index (χ3n) is 3.35. The summed E-state index contributed by atoms with van der Waals surface area (Å²) in [6.07, 6.45) is 2.35. The van der Waals surface area contributed by atoms with Crippen molar-refractivity contribution in [1.82, 2.24) is 19.4 Å². The monoisotopic (exact) mass is 309 g/mol. The summed E-state index contributed by atoms with van der Waals surface area (Å²) in [4.78, 5) is 15.1. The average Bonchev–Trinajstić information content (AvgIpc) is 2.77. The second-order valence-electron chi connectivity index (χ2n) is 4.89. The summed E-state index contributed by atoms with van der Waals surface area (Å²) >= 11 is 0. The Morgan fingerprint density at radius 2 is 2.24 bits per heavy atom. The molecule has 0 aliphatic carbocycles. The van der Waals surface area contributed by atoms with Gasteiger partial charge in [0.2, 0.25) is 5.91 Å². The van der Waals surface area contributed by atoms with E-state index >= 15 is 0 Å². The van der Waals surface area contributed by atoms with Crippen LogP contribution in [0.3, 0.4) is 0 Å². The molecule has 112 valence electrons. The minimum Gasteiger partial charge on any atom is -0.381 e. The molecule has 0 bridgehead atoms. The lowest BCUT2D eigenvalue weighted by molar-refractivity contribution is -0.122. The topological polar surface area (TPSA) is 119 Å². The highest BCUT2D eigenvalue weighted by atomic mass is 32.2. The first-order valence-corrected chi connectivity index (χ1v) is 7.97. The highest BCUT2D eigenvalue weighted by molar-refractivity contribution is 7.89. The zero-order chi connectivity index (χ0) is 15.0. The van der Waals surface area contributed by atoms with Gasteiger partial charge in [-0.25, -0.2) is 18.1 Å². The summed E-state index contributed by atoms with van der Waals surface area (Å²) in [5.74, 6) is -0.117. The van der Waals surface area contributed by atoms with Crippen LogP contribution in [-0.2, 0) is 14.8 Å². The molecule has 3 heterocycles. The molecule has 1 unspecified atom stereocenters. The van der Waals surface area contributed by atoms with Crippen LogP contribution in [0.4, 0.5) is 5.82 Å². The standard InChI is InChI=1S/C12H15N5O3S/c13-11-12(17-6-2-1-3-9(17)15-11)21(19,20)16-8-4-5-10(18)14-7-8/h1-3,6,8,16H,4-5,7,13H2,(H,14,18). The van der Waals surface area contributed by atoms with Gasteiger partial charge in [0.25, 0.3) is 10.0 Å². The number of sulfonamides is 1. The number of nitrogens with one attached hydrogen (secondary N) is 2. The summed E-state index contributed by atoms with van der Waals surface area (Å²) in [6.45, 7) is 0.273. The van der Waals surface area contributed by atoms with E-state index < -0.39 is 10.0 Å². The summed E-state index contributed by atoms with van der Waals surface area (Å²) in [5, 5.41) is 2.56. The van der Waals surface area contributed by atoms with Gasteiger partial charge in [0, 0.05) is 25.2 Å². The number of hydrogen-bond donors (Lipinski definition) is 3. The van der Waals surface area contributed by atoms with E-state index in [0.29, 0.717) is 18.5 Å². The molecule has 1 atom stereocenters. The van der Waals surface area contributed by atoms with Crippen LogP contribution in [-0.4, -0.2) is 36.3 Å². The van der Waals surface area contributed by atoms with Gasteiger partial charge in [0.1, 0.15) is 5.65 Å². The molecular formula is C12H15N5O3S. The van der Waals surface area contributed by atoms with Gasteiger partial charge in [0.15, 0.2) is 10.8 Å². The summed E-state index contributed by atoms with van der Waals surface area (Å²) < 4.78 is 29.0. The maximum atomic E-state index is 12.5. The molecule has 1 aliphatic rings. The molecule has 0 saturated carbocycles. The fourth-order valence-corrected chi connectivity index (χ4v) is 3.85. The molecule has 1 amide bonds. The molecule has 0 spiro atoms. The molecular weight excluding hydrogens is 294 g/mol. The molecule has 0 aromatic carbocycles. The lowest BCUT2D eigenvalue weighted by Crippen LogP contribution is -2.47. The molecule has 4 N–H and O–H groups in total. The van der Waals surface area contributed by atoms with Crippen LogP contribution in [0, 0.1) is 0 Å². The Kier molecular flexibility index (Phi) is 3.30. The van der Waals surface area contributed by atoms with E-state index in [1.807, 2.05) is 0 Å². The Balaban J connectivity index is 1.93. The predicted molar refractivity (Wildman–Crippen MR) is 76.0 cm³/mol. The number of fused-ring (bicyclic) bond motifs is 1. The van der Waals surface area contributed by atoms with Crippen molar-refractivity contribution in [3.05, 3.63) is 24.4 Å². The molecule has 1 fully saturated rings. The van der Waals surface area contributed by atoms with Gasteiger partial charge < -0.3 is 11.1 Å². The SMILES string of the molecule is Nc1nc2ccccn2c1S(=O)(=O)NC1CCC(=O)NC1. The van der Waals surface area contributed by atoms with Crippen LogP contribution >= 0.6 is 0 Å². The zero-order valence-electron chi connectivity index (χ0n) is 11.1. The largest absolute Gasteiger partial charge is 0.381 e. The van der Waals surface area contributed by atoms with E-state index in [9.17, 15) is 13.2 Å². The van der Waals surface area contributed by atoms with Crippen molar-refractivity contribution in [3.63, 3.8) is 0 Å². The number of amides is 1. The molecule has 8 nitrogen and oxygen atoms in total. The Bertz CT molecular complexity index is 788. The van der Waals surface area contributed by atoms with Crippen LogP contribution in [0.2, 0.25) is 0 Å². The summed E-state index contributed by atoms with van der Waals surface area (Å²) in [5.41, 5.74) is 6.21.